The molecule has 0 bridgehead atoms. The quantitative estimate of drug-likeness (QED) is 0.884. The molecule has 0 aliphatic carbocycles. The molecule has 19 heavy (non-hydrogen) atoms. The van der Waals surface area contributed by atoms with Gasteiger partial charge in [0, 0.05) is 19.3 Å². The lowest BCUT2D eigenvalue weighted by atomic mass is 10.2. The summed E-state index contributed by atoms with van der Waals surface area (Å²) in [4.78, 5) is 21.2. The first-order valence-corrected chi connectivity index (χ1v) is 5.93. The lowest BCUT2D eigenvalue weighted by Gasteiger charge is -2.15. The van der Waals surface area contributed by atoms with E-state index in [1.807, 2.05) is 36.2 Å². The van der Waals surface area contributed by atoms with Crippen LogP contribution in [0.5, 0.6) is 0 Å². The van der Waals surface area contributed by atoms with Gasteiger partial charge in [-0.1, -0.05) is 12.1 Å². The highest BCUT2D eigenvalue weighted by Crippen LogP contribution is 2.05. The standard InChI is InChI=1S/C14H15N3O2/c1-17(9-11-5-2-3-8-15-11)10-12-6-4-7-13(16-12)14(18)19/h2-8H,9-10H2,1H3,(H,18,19). The van der Waals surface area contributed by atoms with Crippen molar-refractivity contribution in [2.75, 3.05) is 7.05 Å². The number of pyridine rings is 2. The van der Waals surface area contributed by atoms with Gasteiger partial charge in [-0.15, -0.1) is 0 Å². The van der Waals surface area contributed by atoms with Crippen molar-refractivity contribution in [3.8, 4) is 0 Å². The number of rotatable bonds is 5. The van der Waals surface area contributed by atoms with Crippen LogP contribution in [-0.4, -0.2) is 33.0 Å². The molecule has 0 aliphatic rings. The van der Waals surface area contributed by atoms with Gasteiger partial charge in [-0.3, -0.25) is 9.88 Å². The van der Waals surface area contributed by atoms with E-state index in [0.717, 1.165) is 11.4 Å². The van der Waals surface area contributed by atoms with E-state index >= 15 is 0 Å². The number of carboxylic acid groups (broad SMARTS) is 1. The van der Waals surface area contributed by atoms with Crippen LogP contribution in [0.2, 0.25) is 0 Å². The van der Waals surface area contributed by atoms with Gasteiger partial charge >= 0.3 is 5.97 Å². The van der Waals surface area contributed by atoms with E-state index in [-0.39, 0.29) is 5.69 Å². The Morgan fingerprint density at radius 1 is 1.16 bits per heavy atom. The average molecular weight is 257 g/mol. The molecule has 0 spiro atoms. The third-order valence-corrected chi connectivity index (χ3v) is 2.62. The molecule has 0 unspecified atom stereocenters. The minimum Gasteiger partial charge on any atom is -0.477 e. The molecule has 2 aromatic heterocycles. The summed E-state index contributed by atoms with van der Waals surface area (Å²) < 4.78 is 0. The Morgan fingerprint density at radius 3 is 2.58 bits per heavy atom. The van der Waals surface area contributed by atoms with E-state index in [4.69, 9.17) is 5.11 Å². The van der Waals surface area contributed by atoms with Crippen LogP contribution in [0.15, 0.2) is 42.6 Å². The van der Waals surface area contributed by atoms with Crippen molar-refractivity contribution in [1.82, 2.24) is 14.9 Å². The molecular weight excluding hydrogens is 242 g/mol. The molecule has 0 amide bonds. The molecule has 2 rings (SSSR count). The van der Waals surface area contributed by atoms with Crippen molar-refractivity contribution in [3.63, 3.8) is 0 Å². The lowest BCUT2D eigenvalue weighted by Crippen LogP contribution is -2.19. The fraction of sp³-hybridized carbons (Fsp3) is 0.214. The zero-order chi connectivity index (χ0) is 13.7. The Morgan fingerprint density at radius 2 is 1.89 bits per heavy atom. The fourth-order valence-corrected chi connectivity index (χ4v) is 1.79. The summed E-state index contributed by atoms with van der Waals surface area (Å²) in [5, 5.41) is 8.89. The minimum absolute atomic E-state index is 0.0729. The predicted octanol–water partition coefficient (Wildman–Crippen LogP) is 1.81. The van der Waals surface area contributed by atoms with Gasteiger partial charge in [0.15, 0.2) is 0 Å². The zero-order valence-corrected chi connectivity index (χ0v) is 10.7. The van der Waals surface area contributed by atoms with Crippen molar-refractivity contribution in [2.24, 2.45) is 0 Å². The summed E-state index contributed by atoms with van der Waals surface area (Å²) >= 11 is 0. The molecule has 5 nitrogen and oxygen atoms in total. The normalized spacial score (nSPS) is 10.6. The Hall–Kier alpha value is -2.27. The molecule has 2 heterocycles. The average Bonchev–Trinajstić information content (AvgIpc) is 2.40. The summed E-state index contributed by atoms with van der Waals surface area (Å²) in [6.07, 6.45) is 1.76. The molecule has 1 N–H and O–H groups in total. The molecular formula is C14H15N3O2. The van der Waals surface area contributed by atoms with E-state index in [0.29, 0.717) is 13.1 Å². The third kappa shape index (κ3) is 3.86. The number of aromatic carboxylic acids is 1. The van der Waals surface area contributed by atoms with Crippen LogP contribution < -0.4 is 0 Å². The van der Waals surface area contributed by atoms with E-state index in [1.54, 1.807) is 12.3 Å². The van der Waals surface area contributed by atoms with Gasteiger partial charge in [-0.2, -0.15) is 0 Å². The van der Waals surface area contributed by atoms with Crippen LogP contribution >= 0.6 is 0 Å². The molecule has 0 saturated carbocycles. The van der Waals surface area contributed by atoms with Crippen LogP contribution in [0.4, 0.5) is 0 Å². The van der Waals surface area contributed by atoms with Crippen LogP contribution in [0.3, 0.4) is 0 Å². The fourth-order valence-electron chi connectivity index (χ4n) is 1.79. The summed E-state index contributed by atoms with van der Waals surface area (Å²) in [6, 6.07) is 10.8. The second-order valence-electron chi connectivity index (χ2n) is 4.31. The largest absolute Gasteiger partial charge is 0.477 e. The Kier molecular flexibility index (Phi) is 4.20. The maximum absolute atomic E-state index is 10.8. The molecule has 98 valence electrons. The first kappa shape index (κ1) is 13.2. The van der Waals surface area contributed by atoms with Gasteiger partial charge < -0.3 is 5.11 Å². The third-order valence-electron chi connectivity index (χ3n) is 2.62. The number of carbonyl (C=O) groups is 1. The predicted molar refractivity (Wildman–Crippen MR) is 70.6 cm³/mol. The molecule has 0 radical (unpaired) electrons. The van der Waals surface area contributed by atoms with Gasteiger partial charge in [-0.05, 0) is 31.3 Å². The van der Waals surface area contributed by atoms with Crippen LogP contribution in [0, 0.1) is 0 Å². The maximum Gasteiger partial charge on any atom is 0.354 e. The first-order chi connectivity index (χ1) is 9.15. The maximum atomic E-state index is 10.8. The second-order valence-corrected chi connectivity index (χ2v) is 4.31. The zero-order valence-electron chi connectivity index (χ0n) is 10.7. The minimum atomic E-state index is -1.01. The smallest absolute Gasteiger partial charge is 0.354 e. The van der Waals surface area contributed by atoms with Gasteiger partial charge in [0.2, 0.25) is 0 Å². The Balaban J connectivity index is 2.01. The highest BCUT2D eigenvalue weighted by atomic mass is 16.4. The van der Waals surface area contributed by atoms with Gasteiger partial charge in [0.05, 0.1) is 11.4 Å². The summed E-state index contributed by atoms with van der Waals surface area (Å²) in [5.41, 5.74) is 1.78. The van der Waals surface area contributed by atoms with Crippen molar-refractivity contribution in [3.05, 3.63) is 59.7 Å². The number of hydrogen-bond acceptors (Lipinski definition) is 4. The molecule has 0 saturated heterocycles. The summed E-state index contributed by atoms with van der Waals surface area (Å²) in [7, 11) is 1.95. The molecule has 0 atom stereocenters. The molecule has 2 aromatic rings. The van der Waals surface area contributed by atoms with Crippen LogP contribution in [0.25, 0.3) is 0 Å². The number of aromatic nitrogens is 2. The SMILES string of the molecule is CN(Cc1ccccn1)Cc1cccc(C(=O)O)n1. The van der Waals surface area contributed by atoms with Gasteiger partial charge in [0.25, 0.3) is 0 Å². The monoisotopic (exact) mass is 257 g/mol. The molecule has 5 heteroatoms. The molecule has 0 aromatic carbocycles. The van der Waals surface area contributed by atoms with E-state index < -0.39 is 5.97 Å². The van der Waals surface area contributed by atoms with Crippen molar-refractivity contribution >= 4 is 5.97 Å². The topological polar surface area (TPSA) is 66.3 Å². The summed E-state index contributed by atoms with van der Waals surface area (Å²) in [5.74, 6) is -1.01. The van der Waals surface area contributed by atoms with Crippen molar-refractivity contribution in [2.45, 2.75) is 13.1 Å². The van der Waals surface area contributed by atoms with Crippen LogP contribution in [-0.2, 0) is 13.1 Å². The van der Waals surface area contributed by atoms with E-state index in [2.05, 4.69) is 9.97 Å². The molecule has 0 fully saturated rings. The van der Waals surface area contributed by atoms with E-state index in [1.165, 1.54) is 6.07 Å². The van der Waals surface area contributed by atoms with Crippen molar-refractivity contribution in [1.29, 1.82) is 0 Å². The Bertz CT molecular complexity index is 558. The van der Waals surface area contributed by atoms with Gasteiger partial charge in [-0.25, -0.2) is 9.78 Å². The number of nitrogens with zero attached hydrogens (tertiary/aromatic N) is 3. The van der Waals surface area contributed by atoms with E-state index in [9.17, 15) is 4.79 Å². The van der Waals surface area contributed by atoms with Gasteiger partial charge in [0.1, 0.15) is 5.69 Å². The molecule has 0 aliphatic heterocycles. The first-order valence-electron chi connectivity index (χ1n) is 5.93. The number of hydrogen-bond donors (Lipinski definition) is 1. The highest BCUT2D eigenvalue weighted by Gasteiger charge is 2.07. The lowest BCUT2D eigenvalue weighted by molar-refractivity contribution is 0.0690. The number of carboxylic acids is 1. The highest BCUT2D eigenvalue weighted by molar-refractivity contribution is 5.85. The second kappa shape index (κ2) is 6.06. The van der Waals surface area contributed by atoms with Crippen molar-refractivity contribution < 1.29 is 9.90 Å². The van der Waals surface area contributed by atoms with Crippen LogP contribution in [0.1, 0.15) is 21.9 Å². The summed E-state index contributed by atoms with van der Waals surface area (Å²) in [6.45, 7) is 1.28. The Labute approximate surface area is 111 Å².